The number of hydrogen-bond donors (Lipinski definition) is 0. The van der Waals surface area contributed by atoms with E-state index in [0.29, 0.717) is 4.88 Å². The average Bonchev–Trinajstić information content (AvgIpc) is 2.67. The van der Waals surface area contributed by atoms with Crippen LogP contribution in [-0.2, 0) is 0 Å². The van der Waals surface area contributed by atoms with Crippen LogP contribution in [0.3, 0.4) is 0 Å². The van der Waals surface area contributed by atoms with Gasteiger partial charge < -0.3 is 0 Å². The smallest absolute Gasteiger partial charge is 0.161 e. The highest BCUT2D eigenvalue weighted by atomic mass is 32.1. The van der Waals surface area contributed by atoms with Crippen molar-refractivity contribution in [1.82, 2.24) is 15.0 Å². The van der Waals surface area contributed by atoms with Gasteiger partial charge in [0.25, 0.3) is 0 Å². The molecule has 2 aromatic rings. The van der Waals surface area contributed by atoms with Crippen LogP contribution in [0.1, 0.15) is 9.67 Å². The molecule has 0 spiro atoms. The summed E-state index contributed by atoms with van der Waals surface area (Å²) >= 11 is 1.33. The van der Waals surface area contributed by atoms with Gasteiger partial charge in [-0.1, -0.05) is 0 Å². The summed E-state index contributed by atoms with van der Waals surface area (Å²) in [5.74, 6) is 0. The van der Waals surface area contributed by atoms with Crippen molar-refractivity contribution in [2.24, 2.45) is 0 Å². The molecule has 0 unspecified atom stereocenters. The van der Waals surface area contributed by atoms with Gasteiger partial charge in [-0.05, 0) is 0 Å². The summed E-state index contributed by atoms with van der Waals surface area (Å²) in [6.45, 7) is 0. The molecule has 0 amide bonds. The molecule has 13 heavy (non-hydrogen) atoms. The molecule has 0 aliphatic heterocycles. The van der Waals surface area contributed by atoms with Gasteiger partial charge in [-0.3, -0.25) is 4.79 Å². The molecule has 2 aromatic heterocycles. The monoisotopic (exact) mass is 191 g/mol. The van der Waals surface area contributed by atoms with Crippen LogP contribution in [0.15, 0.2) is 24.9 Å². The van der Waals surface area contributed by atoms with E-state index in [4.69, 9.17) is 0 Å². The van der Waals surface area contributed by atoms with Crippen LogP contribution >= 0.6 is 11.3 Å². The summed E-state index contributed by atoms with van der Waals surface area (Å²) in [7, 11) is 0. The normalized spacial score (nSPS) is 9.85. The predicted molar refractivity (Wildman–Crippen MR) is 48.5 cm³/mol. The lowest BCUT2D eigenvalue weighted by atomic mass is 10.4. The van der Waals surface area contributed by atoms with Crippen LogP contribution in [0.5, 0.6) is 0 Å². The molecule has 0 saturated carbocycles. The van der Waals surface area contributed by atoms with Gasteiger partial charge in [0, 0.05) is 24.2 Å². The molecule has 2 heterocycles. The molecule has 0 fully saturated rings. The van der Waals surface area contributed by atoms with E-state index >= 15 is 0 Å². The fourth-order valence-electron chi connectivity index (χ4n) is 0.884. The summed E-state index contributed by atoms with van der Waals surface area (Å²) < 4.78 is 0. The Morgan fingerprint density at radius 3 is 2.62 bits per heavy atom. The van der Waals surface area contributed by atoms with Crippen LogP contribution in [-0.4, -0.2) is 21.2 Å². The molecule has 0 aliphatic carbocycles. The minimum Gasteiger partial charge on any atom is -0.297 e. The second-order valence-electron chi connectivity index (χ2n) is 2.31. The molecule has 2 rings (SSSR count). The summed E-state index contributed by atoms with van der Waals surface area (Å²) in [5, 5.41) is 0.766. The topological polar surface area (TPSA) is 55.7 Å². The van der Waals surface area contributed by atoms with Gasteiger partial charge >= 0.3 is 0 Å². The highest BCUT2D eigenvalue weighted by Gasteiger charge is 2.03. The predicted octanol–water partition coefficient (Wildman–Crippen LogP) is 1.41. The van der Waals surface area contributed by atoms with Crippen molar-refractivity contribution in [3.63, 3.8) is 0 Å². The highest BCUT2D eigenvalue weighted by Crippen LogP contribution is 2.22. The van der Waals surface area contributed by atoms with Gasteiger partial charge in [-0.25, -0.2) is 15.0 Å². The molecule has 0 aromatic carbocycles. The SMILES string of the molecule is O=Cc1cnc(-c2cncnc2)s1. The number of hydrogen-bond acceptors (Lipinski definition) is 5. The van der Waals surface area contributed by atoms with Crippen molar-refractivity contribution in [1.29, 1.82) is 0 Å². The third kappa shape index (κ3) is 1.59. The van der Waals surface area contributed by atoms with Crippen LogP contribution < -0.4 is 0 Å². The summed E-state index contributed by atoms with van der Waals surface area (Å²) in [4.78, 5) is 22.8. The molecule has 0 radical (unpaired) electrons. The van der Waals surface area contributed by atoms with Gasteiger partial charge in [-0.15, -0.1) is 11.3 Å². The molecule has 64 valence electrons. The molecule has 0 bridgehead atoms. The van der Waals surface area contributed by atoms with Crippen LogP contribution in [0.2, 0.25) is 0 Å². The first kappa shape index (κ1) is 8.00. The van der Waals surface area contributed by atoms with Crippen molar-refractivity contribution in [3.8, 4) is 10.6 Å². The molecular formula is C8H5N3OS. The van der Waals surface area contributed by atoms with Gasteiger partial charge in [0.2, 0.25) is 0 Å². The number of thiazole rings is 1. The van der Waals surface area contributed by atoms with Gasteiger partial charge in [0.15, 0.2) is 6.29 Å². The van der Waals surface area contributed by atoms with Crippen molar-refractivity contribution in [3.05, 3.63) is 29.8 Å². The van der Waals surface area contributed by atoms with Crippen LogP contribution in [0.25, 0.3) is 10.6 Å². The van der Waals surface area contributed by atoms with E-state index in [2.05, 4.69) is 15.0 Å². The average molecular weight is 191 g/mol. The quantitative estimate of drug-likeness (QED) is 0.673. The Labute approximate surface area is 78.3 Å². The lowest BCUT2D eigenvalue weighted by Gasteiger charge is -1.90. The molecule has 4 nitrogen and oxygen atoms in total. The summed E-state index contributed by atoms with van der Waals surface area (Å²) in [5.41, 5.74) is 0.834. The molecule has 0 N–H and O–H groups in total. The zero-order chi connectivity index (χ0) is 9.10. The minimum atomic E-state index is 0.610. The lowest BCUT2D eigenvalue weighted by molar-refractivity contribution is 0.112. The van der Waals surface area contributed by atoms with Crippen molar-refractivity contribution in [2.75, 3.05) is 0 Å². The maximum atomic E-state index is 10.4. The maximum absolute atomic E-state index is 10.4. The Morgan fingerprint density at radius 1 is 1.23 bits per heavy atom. The molecule has 0 saturated heterocycles. The van der Waals surface area contributed by atoms with E-state index in [0.717, 1.165) is 16.9 Å². The minimum absolute atomic E-state index is 0.610. The number of aldehydes is 1. The standard InChI is InChI=1S/C8H5N3OS/c12-4-7-3-11-8(13-7)6-1-9-5-10-2-6/h1-5H. The van der Waals surface area contributed by atoms with Crippen molar-refractivity contribution in [2.45, 2.75) is 0 Å². The maximum Gasteiger partial charge on any atom is 0.161 e. The summed E-state index contributed by atoms with van der Waals surface area (Å²) in [6, 6.07) is 0. The largest absolute Gasteiger partial charge is 0.297 e. The Hall–Kier alpha value is -1.62. The first-order chi connectivity index (χ1) is 6.40. The third-order valence-electron chi connectivity index (χ3n) is 1.45. The number of rotatable bonds is 2. The second kappa shape index (κ2) is 3.40. The van der Waals surface area contributed by atoms with E-state index in [1.807, 2.05) is 0 Å². The van der Waals surface area contributed by atoms with Gasteiger partial charge in [0.05, 0.1) is 4.88 Å². The Balaban J connectivity index is 2.41. The van der Waals surface area contributed by atoms with E-state index in [1.54, 1.807) is 18.6 Å². The van der Waals surface area contributed by atoms with Gasteiger partial charge in [0.1, 0.15) is 11.3 Å². The lowest BCUT2D eigenvalue weighted by Crippen LogP contribution is -1.79. The number of carbonyl (C=O) groups excluding carboxylic acids is 1. The highest BCUT2D eigenvalue weighted by molar-refractivity contribution is 7.16. The fourth-order valence-corrected chi connectivity index (χ4v) is 1.59. The van der Waals surface area contributed by atoms with Crippen LogP contribution in [0, 0.1) is 0 Å². The number of nitrogens with zero attached hydrogens (tertiary/aromatic N) is 3. The number of aromatic nitrogens is 3. The van der Waals surface area contributed by atoms with E-state index in [-0.39, 0.29) is 0 Å². The van der Waals surface area contributed by atoms with E-state index < -0.39 is 0 Å². The fraction of sp³-hybridized carbons (Fsp3) is 0. The number of carbonyl (C=O) groups is 1. The van der Waals surface area contributed by atoms with Crippen molar-refractivity contribution >= 4 is 17.6 Å². The second-order valence-corrected chi connectivity index (χ2v) is 3.38. The van der Waals surface area contributed by atoms with Gasteiger partial charge in [-0.2, -0.15) is 0 Å². The zero-order valence-electron chi connectivity index (χ0n) is 6.54. The molecule has 5 heteroatoms. The Bertz CT molecular complexity index is 412. The molecular weight excluding hydrogens is 186 g/mol. The van der Waals surface area contributed by atoms with E-state index in [9.17, 15) is 4.79 Å². The van der Waals surface area contributed by atoms with E-state index in [1.165, 1.54) is 17.7 Å². The Morgan fingerprint density at radius 2 is 2.00 bits per heavy atom. The third-order valence-corrected chi connectivity index (χ3v) is 2.42. The first-order valence-electron chi connectivity index (χ1n) is 3.56. The van der Waals surface area contributed by atoms with Crippen molar-refractivity contribution < 1.29 is 4.79 Å². The first-order valence-corrected chi connectivity index (χ1v) is 4.38. The Kier molecular flexibility index (Phi) is 2.09. The zero-order valence-corrected chi connectivity index (χ0v) is 7.36. The summed E-state index contributed by atoms with van der Waals surface area (Å²) in [6.07, 6.45) is 7.11. The molecule has 0 atom stereocenters. The molecule has 0 aliphatic rings. The van der Waals surface area contributed by atoms with Crippen LogP contribution in [0.4, 0.5) is 0 Å².